The summed E-state index contributed by atoms with van der Waals surface area (Å²) in [5.74, 6) is -0.123. The molecule has 0 radical (unpaired) electrons. The van der Waals surface area contributed by atoms with Crippen molar-refractivity contribution >= 4 is 0 Å². The Morgan fingerprint density at radius 2 is 2.11 bits per heavy atom. The highest BCUT2D eigenvalue weighted by molar-refractivity contribution is 5.26. The molecule has 0 saturated carbocycles. The molecule has 1 fully saturated rings. The van der Waals surface area contributed by atoms with Gasteiger partial charge < -0.3 is 9.84 Å². The molecule has 0 amide bonds. The van der Waals surface area contributed by atoms with Crippen LogP contribution in [-0.4, -0.2) is 24.4 Å². The molecule has 2 rings (SSSR count). The highest BCUT2D eigenvalue weighted by Crippen LogP contribution is 2.30. The fourth-order valence-electron chi connectivity index (χ4n) is 2.16. The molecule has 0 bridgehead atoms. The first kappa shape index (κ1) is 13.4. The summed E-state index contributed by atoms with van der Waals surface area (Å²) in [6, 6.07) is 5.24. The molecule has 1 aliphatic heterocycles. The summed E-state index contributed by atoms with van der Waals surface area (Å²) in [5.41, 5.74) is -0.0643. The van der Waals surface area contributed by atoms with E-state index in [2.05, 4.69) is 0 Å². The number of aliphatic hydroxyl groups is 1. The number of rotatable bonds is 2. The molecule has 2 nitrogen and oxygen atoms in total. The lowest BCUT2D eigenvalue weighted by atomic mass is 9.91. The predicted molar refractivity (Wildman–Crippen MR) is 60.1 cm³/mol. The minimum atomic E-state index is -4.32. The van der Waals surface area contributed by atoms with Crippen molar-refractivity contribution < 1.29 is 23.0 Å². The molecule has 2 unspecified atom stereocenters. The Hall–Kier alpha value is -1.07. The molecule has 0 spiro atoms. The van der Waals surface area contributed by atoms with Gasteiger partial charge in [-0.25, -0.2) is 0 Å². The zero-order valence-electron chi connectivity index (χ0n) is 9.78. The molecule has 100 valence electrons. The van der Waals surface area contributed by atoms with E-state index < -0.39 is 17.8 Å². The van der Waals surface area contributed by atoms with Crippen LogP contribution in [0.5, 0.6) is 0 Å². The molecule has 1 aromatic rings. The van der Waals surface area contributed by atoms with Crippen molar-refractivity contribution in [3.05, 3.63) is 35.4 Å². The van der Waals surface area contributed by atoms with Gasteiger partial charge in [0.05, 0.1) is 18.3 Å². The van der Waals surface area contributed by atoms with Crippen LogP contribution in [0.1, 0.15) is 17.5 Å². The molecular formula is C13H15F3O2. The van der Waals surface area contributed by atoms with Crippen molar-refractivity contribution in [3.8, 4) is 0 Å². The topological polar surface area (TPSA) is 29.5 Å². The summed E-state index contributed by atoms with van der Waals surface area (Å²) in [4.78, 5) is 0. The third-order valence-electron chi connectivity index (χ3n) is 3.19. The van der Waals surface area contributed by atoms with Crippen LogP contribution in [0.3, 0.4) is 0 Å². The normalized spacial score (nSPS) is 25.1. The van der Waals surface area contributed by atoms with Crippen molar-refractivity contribution in [2.75, 3.05) is 13.2 Å². The Labute approximate surface area is 103 Å². The number of aliphatic hydroxyl groups excluding tert-OH is 1. The highest BCUT2D eigenvalue weighted by atomic mass is 19.4. The maximum absolute atomic E-state index is 12.5. The van der Waals surface area contributed by atoms with Gasteiger partial charge in [0.15, 0.2) is 0 Å². The van der Waals surface area contributed by atoms with Gasteiger partial charge in [0, 0.05) is 12.5 Å². The second-order valence-electron chi connectivity index (χ2n) is 4.59. The SMILES string of the molecule is OC1CCOCC1Cc1cccc(C(F)(F)F)c1. The summed E-state index contributed by atoms with van der Waals surface area (Å²) >= 11 is 0. The van der Waals surface area contributed by atoms with Crippen molar-refractivity contribution in [2.24, 2.45) is 5.92 Å². The fourth-order valence-corrected chi connectivity index (χ4v) is 2.16. The van der Waals surface area contributed by atoms with Crippen LogP contribution in [0.4, 0.5) is 13.2 Å². The minimum Gasteiger partial charge on any atom is -0.393 e. The van der Waals surface area contributed by atoms with E-state index in [-0.39, 0.29) is 5.92 Å². The van der Waals surface area contributed by atoms with Crippen molar-refractivity contribution in [1.82, 2.24) is 0 Å². The van der Waals surface area contributed by atoms with Gasteiger partial charge in [-0.15, -0.1) is 0 Å². The maximum Gasteiger partial charge on any atom is 0.416 e. The molecule has 18 heavy (non-hydrogen) atoms. The Morgan fingerprint density at radius 1 is 1.33 bits per heavy atom. The number of halogens is 3. The van der Waals surface area contributed by atoms with Gasteiger partial charge in [0.2, 0.25) is 0 Å². The molecule has 0 aromatic heterocycles. The molecule has 1 saturated heterocycles. The van der Waals surface area contributed by atoms with E-state index in [1.54, 1.807) is 6.07 Å². The summed E-state index contributed by atoms with van der Waals surface area (Å²) in [6.07, 6.45) is -3.86. The summed E-state index contributed by atoms with van der Waals surface area (Å²) in [5, 5.41) is 9.76. The van der Waals surface area contributed by atoms with Crippen LogP contribution in [0.2, 0.25) is 0 Å². The lowest BCUT2D eigenvalue weighted by Crippen LogP contribution is -2.33. The van der Waals surface area contributed by atoms with Crippen LogP contribution in [0.15, 0.2) is 24.3 Å². The number of benzene rings is 1. The van der Waals surface area contributed by atoms with E-state index in [1.807, 2.05) is 0 Å². The summed E-state index contributed by atoms with van der Waals surface area (Å²) in [7, 11) is 0. The molecular weight excluding hydrogens is 245 g/mol. The molecule has 1 aliphatic rings. The van der Waals surface area contributed by atoms with Crippen molar-refractivity contribution in [1.29, 1.82) is 0 Å². The summed E-state index contributed by atoms with van der Waals surface area (Å²) in [6.45, 7) is 0.914. The van der Waals surface area contributed by atoms with E-state index >= 15 is 0 Å². The Bertz CT molecular complexity index is 403. The first-order chi connectivity index (χ1) is 8.47. The van der Waals surface area contributed by atoms with Crippen LogP contribution >= 0.6 is 0 Å². The van der Waals surface area contributed by atoms with Crippen LogP contribution < -0.4 is 0 Å². The van der Waals surface area contributed by atoms with Gasteiger partial charge in [0.1, 0.15) is 0 Å². The van der Waals surface area contributed by atoms with Crippen molar-refractivity contribution in [3.63, 3.8) is 0 Å². The Kier molecular flexibility index (Phi) is 3.92. The highest BCUT2D eigenvalue weighted by Gasteiger charge is 2.31. The van der Waals surface area contributed by atoms with Crippen LogP contribution in [-0.2, 0) is 17.3 Å². The predicted octanol–water partition coefficient (Wildman–Crippen LogP) is 2.65. The average Bonchev–Trinajstić information content (AvgIpc) is 2.31. The van der Waals surface area contributed by atoms with Crippen molar-refractivity contribution in [2.45, 2.75) is 25.1 Å². The van der Waals surface area contributed by atoms with E-state index in [1.165, 1.54) is 6.07 Å². The third kappa shape index (κ3) is 3.23. The number of ether oxygens (including phenoxy) is 1. The number of hydrogen-bond acceptors (Lipinski definition) is 2. The Morgan fingerprint density at radius 3 is 2.78 bits per heavy atom. The zero-order chi connectivity index (χ0) is 13.2. The average molecular weight is 260 g/mol. The lowest BCUT2D eigenvalue weighted by Gasteiger charge is -2.27. The largest absolute Gasteiger partial charge is 0.416 e. The van der Waals surface area contributed by atoms with E-state index in [0.29, 0.717) is 31.6 Å². The minimum absolute atomic E-state index is 0.123. The van der Waals surface area contributed by atoms with E-state index in [0.717, 1.165) is 12.1 Å². The molecule has 1 heterocycles. The quantitative estimate of drug-likeness (QED) is 0.885. The molecule has 0 aliphatic carbocycles. The van der Waals surface area contributed by atoms with Crippen LogP contribution in [0, 0.1) is 5.92 Å². The molecule has 2 atom stereocenters. The number of alkyl halides is 3. The molecule has 1 aromatic carbocycles. The molecule has 1 N–H and O–H groups in total. The van der Waals surface area contributed by atoms with Crippen LogP contribution in [0.25, 0.3) is 0 Å². The van der Waals surface area contributed by atoms with Gasteiger partial charge in [0.25, 0.3) is 0 Å². The fraction of sp³-hybridized carbons (Fsp3) is 0.538. The second kappa shape index (κ2) is 5.28. The maximum atomic E-state index is 12.5. The second-order valence-corrected chi connectivity index (χ2v) is 4.59. The summed E-state index contributed by atoms with van der Waals surface area (Å²) < 4.78 is 42.9. The Balaban J connectivity index is 2.09. The first-order valence-corrected chi connectivity index (χ1v) is 5.89. The van der Waals surface area contributed by atoms with Gasteiger partial charge in [-0.05, 0) is 24.5 Å². The molecule has 5 heteroatoms. The standard InChI is InChI=1S/C13H15F3O2/c14-13(15,16)11-3-1-2-9(7-11)6-10-8-18-5-4-12(10)17/h1-3,7,10,12,17H,4-6,8H2. The van der Waals surface area contributed by atoms with E-state index in [4.69, 9.17) is 4.74 Å². The van der Waals surface area contributed by atoms with Gasteiger partial charge >= 0.3 is 6.18 Å². The third-order valence-corrected chi connectivity index (χ3v) is 3.19. The van der Waals surface area contributed by atoms with Gasteiger partial charge in [-0.2, -0.15) is 13.2 Å². The van der Waals surface area contributed by atoms with Gasteiger partial charge in [-0.1, -0.05) is 18.2 Å². The number of hydrogen-bond donors (Lipinski definition) is 1. The zero-order valence-corrected chi connectivity index (χ0v) is 9.78. The first-order valence-electron chi connectivity index (χ1n) is 5.89. The lowest BCUT2D eigenvalue weighted by molar-refractivity contribution is -0.137. The van der Waals surface area contributed by atoms with Gasteiger partial charge in [-0.3, -0.25) is 0 Å². The monoisotopic (exact) mass is 260 g/mol. The smallest absolute Gasteiger partial charge is 0.393 e. The van der Waals surface area contributed by atoms with E-state index in [9.17, 15) is 18.3 Å².